The second-order valence-electron chi connectivity index (χ2n) is 10.5. The van der Waals surface area contributed by atoms with E-state index in [-0.39, 0.29) is 41.8 Å². The first kappa shape index (κ1) is 21.9. The lowest BCUT2D eigenvalue weighted by Crippen LogP contribution is -2.48. The number of nitrogens with zero attached hydrogens (tertiary/aromatic N) is 5. The first-order valence-electron chi connectivity index (χ1n) is 11.6. The molecule has 176 valence electrons. The highest BCUT2D eigenvalue weighted by Crippen LogP contribution is 2.43. The molecule has 4 heterocycles. The molecule has 2 aromatic heterocycles. The topological polar surface area (TPSA) is 86.3 Å². The fourth-order valence-corrected chi connectivity index (χ4v) is 5.19. The van der Waals surface area contributed by atoms with Gasteiger partial charge in [0.15, 0.2) is 0 Å². The second-order valence-corrected chi connectivity index (χ2v) is 10.5. The van der Waals surface area contributed by atoms with Crippen molar-refractivity contribution < 1.29 is 18.4 Å². The van der Waals surface area contributed by atoms with Gasteiger partial charge in [-0.1, -0.05) is 26.0 Å². The van der Waals surface area contributed by atoms with Crippen LogP contribution in [0.25, 0.3) is 16.9 Å². The van der Waals surface area contributed by atoms with Crippen molar-refractivity contribution in [1.82, 2.24) is 24.8 Å². The molecule has 5 rings (SSSR count). The molecule has 3 aromatic rings. The Morgan fingerprint density at radius 1 is 1.21 bits per heavy atom. The van der Waals surface area contributed by atoms with Gasteiger partial charge in [0.05, 0.1) is 5.69 Å². The number of amides is 1. The Morgan fingerprint density at radius 2 is 1.91 bits per heavy atom. The Morgan fingerprint density at radius 3 is 2.55 bits per heavy atom. The van der Waals surface area contributed by atoms with E-state index < -0.39 is 5.60 Å². The standard InChI is InChI=1S/C24H30FN5O3/c1-13(2)19-17-7-6-8-18(25)20(17)30(27-19)22-26-21(33-28-22)14-11-15-9-10-16(12-14)29(15)23(31)32-24(3,4)5/h6-8,13-16H,9-12H2,1-5H3. The van der Waals surface area contributed by atoms with Crippen molar-refractivity contribution in [3.8, 4) is 5.95 Å². The third-order valence-corrected chi connectivity index (χ3v) is 6.54. The van der Waals surface area contributed by atoms with Crippen molar-refractivity contribution in [2.75, 3.05) is 0 Å². The maximum Gasteiger partial charge on any atom is 0.410 e. The van der Waals surface area contributed by atoms with E-state index >= 15 is 0 Å². The Kier molecular flexibility index (Phi) is 5.17. The number of fused-ring (bicyclic) bond motifs is 3. The number of benzene rings is 1. The van der Waals surface area contributed by atoms with E-state index in [0.29, 0.717) is 11.4 Å². The number of hydrogen-bond donors (Lipinski definition) is 0. The van der Waals surface area contributed by atoms with Crippen LogP contribution in [0.1, 0.15) is 83.7 Å². The van der Waals surface area contributed by atoms with Crippen LogP contribution in [-0.2, 0) is 4.74 Å². The molecular formula is C24H30FN5O3. The van der Waals surface area contributed by atoms with Crippen molar-refractivity contribution in [2.24, 2.45) is 0 Å². The highest BCUT2D eigenvalue weighted by Gasteiger charge is 2.46. The summed E-state index contributed by atoms with van der Waals surface area (Å²) < 4.78 is 27.4. The van der Waals surface area contributed by atoms with E-state index in [1.54, 1.807) is 6.07 Å². The number of hydrogen-bond acceptors (Lipinski definition) is 6. The average molecular weight is 456 g/mol. The summed E-state index contributed by atoms with van der Waals surface area (Å²) in [7, 11) is 0. The fraction of sp³-hybridized carbons (Fsp3) is 0.583. The first-order valence-corrected chi connectivity index (χ1v) is 11.6. The summed E-state index contributed by atoms with van der Waals surface area (Å²) in [6, 6.07) is 5.15. The van der Waals surface area contributed by atoms with Crippen LogP contribution in [0, 0.1) is 5.82 Å². The van der Waals surface area contributed by atoms with Crippen molar-refractivity contribution >= 4 is 17.0 Å². The van der Waals surface area contributed by atoms with Gasteiger partial charge < -0.3 is 14.2 Å². The van der Waals surface area contributed by atoms with E-state index in [2.05, 4.69) is 15.2 Å². The number of aromatic nitrogens is 4. The Labute approximate surface area is 192 Å². The molecule has 0 spiro atoms. The summed E-state index contributed by atoms with van der Waals surface area (Å²) >= 11 is 0. The molecule has 2 atom stereocenters. The summed E-state index contributed by atoms with van der Waals surface area (Å²) in [4.78, 5) is 19.2. The SMILES string of the molecule is CC(C)c1nn(-c2noc(C3CC4CCC(C3)N4C(=O)OC(C)(C)C)n2)c2c(F)cccc12. The normalized spacial score (nSPS) is 23.0. The van der Waals surface area contributed by atoms with Crippen LogP contribution in [0.3, 0.4) is 0 Å². The number of carbonyl (C=O) groups is 1. The lowest BCUT2D eigenvalue weighted by Gasteiger charge is -2.38. The molecule has 0 radical (unpaired) electrons. The number of carbonyl (C=O) groups excluding carboxylic acids is 1. The van der Waals surface area contributed by atoms with Crippen molar-refractivity contribution in [3.05, 3.63) is 35.6 Å². The molecule has 0 N–H and O–H groups in total. The highest BCUT2D eigenvalue weighted by molar-refractivity contribution is 5.84. The number of piperidine rings is 1. The van der Waals surface area contributed by atoms with Gasteiger partial charge in [0.25, 0.3) is 5.95 Å². The predicted molar refractivity (Wildman–Crippen MR) is 120 cm³/mol. The summed E-state index contributed by atoms with van der Waals surface area (Å²) in [6.07, 6.45) is 3.10. The van der Waals surface area contributed by atoms with Gasteiger partial charge in [-0.25, -0.2) is 9.18 Å². The van der Waals surface area contributed by atoms with Crippen LogP contribution in [0.4, 0.5) is 9.18 Å². The van der Waals surface area contributed by atoms with E-state index in [9.17, 15) is 9.18 Å². The largest absolute Gasteiger partial charge is 0.444 e. The second kappa shape index (κ2) is 7.81. The Bertz CT molecular complexity index is 1180. The van der Waals surface area contributed by atoms with Crippen LogP contribution in [0.5, 0.6) is 0 Å². The maximum atomic E-state index is 14.7. The molecule has 2 aliphatic rings. The van der Waals surface area contributed by atoms with Crippen LogP contribution in [-0.4, -0.2) is 48.6 Å². The van der Waals surface area contributed by atoms with Gasteiger partial charge in [-0.05, 0) is 63.6 Å². The Hall–Kier alpha value is -2.97. The summed E-state index contributed by atoms with van der Waals surface area (Å²) in [5, 5.41) is 9.50. The number of halogens is 1. The molecular weight excluding hydrogens is 425 g/mol. The van der Waals surface area contributed by atoms with E-state index in [0.717, 1.165) is 36.8 Å². The monoisotopic (exact) mass is 455 g/mol. The van der Waals surface area contributed by atoms with Crippen LogP contribution in [0.2, 0.25) is 0 Å². The van der Waals surface area contributed by atoms with Crippen molar-refractivity contribution in [1.29, 1.82) is 0 Å². The quantitative estimate of drug-likeness (QED) is 0.532. The average Bonchev–Trinajstić information content (AvgIpc) is 3.41. The van der Waals surface area contributed by atoms with Crippen LogP contribution >= 0.6 is 0 Å². The van der Waals surface area contributed by atoms with Gasteiger partial charge >= 0.3 is 6.09 Å². The van der Waals surface area contributed by atoms with E-state index in [1.807, 2.05) is 45.6 Å². The number of ether oxygens (including phenoxy) is 1. The van der Waals surface area contributed by atoms with Crippen molar-refractivity contribution in [3.63, 3.8) is 0 Å². The molecule has 2 aliphatic heterocycles. The van der Waals surface area contributed by atoms with Gasteiger partial charge in [0.2, 0.25) is 5.89 Å². The third kappa shape index (κ3) is 3.87. The smallest absolute Gasteiger partial charge is 0.410 e. The molecule has 1 amide bonds. The van der Waals surface area contributed by atoms with Crippen molar-refractivity contribution in [2.45, 2.75) is 89.8 Å². The molecule has 33 heavy (non-hydrogen) atoms. The molecule has 8 nitrogen and oxygen atoms in total. The molecule has 2 saturated heterocycles. The fourth-order valence-electron chi connectivity index (χ4n) is 5.19. The lowest BCUT2D eigenvalue weighted by atomic mass is 9.91. The zero-order valence-corrected chi connectivity index (χ0v) is 19.7. The minimum Gasteiger partial charge on any atom is -0.444 e. The molecule has 2 unspecified atom stereocenters. The minimum absolute atomic E-state index is 0.0404. The zero-order valence-electron chi connectivity index (χ0n) is 19.7. The lowest BCUT2D eigenvalue weighted by molar-refractivity contribution is 0.00468. The van der Waals surface area contributed by atoms with E-state index in [4.69, 9.17) is 9.26 Å². The first-order chi connectivity index (χ1) is 15.6. The van der Waals surface area contributed by atoms with Gasteiger partial charge in [-0.3, -0.25) is 0 Å². The molecule has 2 fully saturated rings. The van der Waals surface area contributed by atoms with Gasteiger partial charge in [0, 0.05) is 23.4 Å². The summed E-state index contributed by atoms with van der Waals surface area (Å²) in [6.45, 7) is 9.68. The van der Waals surface area contributed by atoms with Gasteiger partial charge in [-0.15, -0.1) is 0 Å². The predicted octanol–water partition coefficient (Wildman–Crippen LogP) is 5.32. The Balaban J connectivity index is 1.41. The molecule has 0 aliphatic carbocycles. The summed E-state index contributed by atoms with van der Waals surface area (Å²) in [5.74, 6) is 0.529. The highest BCUT2D eigenvalue weighted by atomic mass is 19.1. The summed E-state index contributed by atoms with van der Waals surface area (Å²) in [5.41, 5.74) is 0.624. The van der Waals surface area contributed by atoms with Gasteiger partial charge in [0.1, 0.15) is 16.9 Å². The van der Waals surface area contributed by atoms with Gasteiger partial charge in [-0.2, -0.15) is 14.8 Å². The molecule has 1 aromatic carbocycles. The zero-order chi connectivity index (χ0) is 23.5. The number of para-hydroxylation sites is 1. The van der Waals surface area contributed by atoms with E-state index in [1.165, 1.54) is 10.7 Å². The molecule has 0 saturated carbocycles. The third-order valence-electron chi connectivity index (χ3n) is 6.54. The minimum atomic E-state index is -0.522. The maximum absolute atomic E-state index is 14.7. The molecule has 2 bridgehead atoms. The van der Waals surface area contributed by atoms with Crippen LogP contribution in [0.15, 0.2) is 22.7 Å². The molecule has 9 heteroatoms. The number of rotatable bonds is 3. The van der Waals surface area contributed by atoms with Crippen LogP contribution < -0.4 is 0 Å².